The van der Waals surface area contributed by atoms with Crippen LogP contribution >= 0.6 is 11.6 Å². The van der Waals surface area contributed by atoms with Gasteiger partial charge in [0.25, 0.3) is 0 Å². The van der Waals surface area contributed by atoms with Gasteiger partial charge in [0.05, 0.1) is 41.3 Å². The molecule has 0 saturated carbocycles. The summed E-state index contributed by atoms with van der Waals surface area (Å²) in [5.41, 5.74) is 2.19. The van der Waals surface area contributed by atoms with Gasteiger partial charge in [-0.25, -0.2) is 9.48 Å². The number of ether oxygens (including phenoxy) is 2. The molecular weight excluding hydrogens is 334 g/mol. The first-order chi connectivity index (χ1) is 11.5. The third-order valence-electron chi connectivity index (χ3n) is 3.83. The number of aromatic carboxylic acids is 1. The van der Waals surface area contributed by atoms with Crippen LogP contribution in [0.2, 0.25) is 5.02 Å². The monoisotopic (exact) mass is 349 g/mol. The molecule has 1 aromatic carbocycles. The van der Waals surface area contributed by atoms with Gasteiger partial charge in [-0.05, 0) is 19.1 Å². The van der Waals surface area contributed by atoms with Gasteiger partial charge >= 0.3 is 5.97 Å². The van der Waals surface area contributed by atoms with E-state index in [1.165, 1.54) is 7.11 Å². The number of hydrogen-bond donors (Lipinski definition) is 1. The predicted octanol–water partition coefficient (Wildman–Crippen LogP) is 3.10. The average Bonchev–Trinajstić information content (AvgIpc) is 3.08. The Kier molecular flexibility index (Phi) is 4.21. The molecule has 0 unspecified atom stereocenters. The summed E-state index contributed by atoms with van der Waals surface area (Å²) in [6.07, 6.45) is 3.43. The molecule has 3 aromatic rings. The largest absolute Gasteiger partial charge is 0.495 e. The smallest absolute Gasteiger partial charge is 0.338 e. The lowest BCUT2D eigenvalue weighted by Gasteiger charge is -2.07. The molecule has 0 radical (unpaired) electrons. The number of aromatic nitrogens is 3. The molecular formula is C16H16ClN3O4. The van der Waals surface area contributed by atoms with E-state index in [0.717, 1.165) is 5.69 Å². The molecule has 0 atom stereocenters. The Hall–Kier alpha value is -2.51. The van der Waals surface area contributed by atoms with Gasteiger partial charge in [-0.15, -0.1) is 0 Å². The molecule has 2 heterocycles. The number of methoxy groups -OCH3 is 2. The zero-order valence-electron chi connectivity index (χ0n) is 13.4. The van der Waals surface area contributed by atoms with Crippen LogP contribution in [0.4, 0.5) is 0 Å². The maximum absolute atomic E-state index is 11.7. The van der Waals surface area contributed by atoms with E-state index in [0.29, 0.717) is 34.1 Å². The Morgan fingerprint density at radius 2 is 2.12 bits per heavy atom. The van der Waals surface area contributed by atoms with E-state index in [2.05, 4.69) is 5.10 Å². The average molecular weight is 350 g/mol. The molecule has 0 aliphatic heterocycles. The van der Waals surface area contributed by atoms with Crippen molar-refractivity contribution in [1.82, 2.24) is 14.3 Å². The van der Waals surface area contributed by atoms with E-state index < -0.39 is 5.97 Å². The standard InChI is InChI=1S/C16H16ClN3O4/c1-9-15(16(21)22)11-4-14(24-3)12(17)5-13(11)20(9)10-6-18-19(7-10)8-23-2/h4-7H,8H2,1-3H3,(H,21,22). The molecule has 2 aromatic heterocycles. The third-order valence-corrected chi connectivity index (χ3v) is 4.13. The van der Waals surface area contributed by atoms with Gasteiger partial charge in [0.2, 0.25) is 0 Å². The molecule has 0 aliphatic rings. The van der Waals surface area contributed by atoms with E-state index in [-0.39, 0.29) is 5.56 Å². The van der Waals surface area contributed by atoms with E-state index in [1.807, 2.05) is 4.57 Å². The van der Waals surface area contributed by atoms with Gasteiger partial charge in [0.1, 0.15) is 12.5 Å². The lowest BCUT2D eigenvalue weighted by Crippen LogP contribution is -2.02. The number of benzene rings is 1. The van der Waals surface area contributed by atoms with Crippen molar-refractivity contribution in [3.8, 4) is 11.4 Å². The SMILES string of the molecule is COCn1cc(-n2c(C)c(C(=O)O)c3cc(OC)c(Cl)cc32)cn1. The van der Waals surface area contributed by atoms with Gasteiger partial charge in [-0.1, -0.05) is 11.6 Å². The molecule has 3 rings (SSSR count). The van der Waals surface area contributed by atoms with Crippen molar-refractivity contribution in [2.24, 2.45) is 0 Å². The summed E-state index contributed by atoms with van der Waals surface area (Å²) in [7, 11) is 3.07. The molecule has 0 amide bonds. The molecule has 126 valence electrons. The second-order valence-electron chi connectivity index (χ2n) is 5.26. The van der Waals surface area contributed by atoms with Crippen LogP contribution in [0.1, 0.15) is 16.1 Å². The zero-order valence-corrected chi connectivity index (χ0v) is 14.2. The second-order valence-corrected chi connectivity index (χ2v) is 5.67. The molecule has 0 saturated heterocycles. The molecule has 0 fully saturated rings. The fourth-order valence-electron chi connectivity index (χ4n) is 2.85. The zero-order chi connectivity index (χ0) is 17.4. The van der Waals surface area contributed by atoms with Gasteiger partial charge in [-0.2, -0.15) is 5.10 Å². The van der Waals surface area contributed by atoms with Gasteiger partial charge in [0, 0.05) is 18.2 Å². The van der Waals surface area contributed by atoms with Crippen LogP contribution in [0, 0.1) is 6.92 Å². The normalized spacial score (nSPS) is 11.2. The summed E-state index contributed by atoms with van der Waals surface area (Å²) in [5.74, 6) is -0.580. The number of halogens is 1. The van der Waals surface area contributed by atoms with E-state index in [1.54, 1.807) is 43.2 Å². The van der Waals surface area contributed by atoms with Crippen LogP contribution in [0.5, 0.6) is 5.75 Å². The Bertz CT molecular complexity index is 929. The van der Waals surface area contributed by atoms with Crippen molar-refractivity contribution >= 4 is 28.5 Å². The number of hydrogen-bond acceptors (Lipinski definition) is 4. The minimum Gasteiger partial charge on any atom is -0.495 e. The Morgan fingerprint density at radius 1 is 1.38 bits per heavy atom. The van der Waals surface area contributed by atoms with E-state index >= 15 is 0 Å². The topological polar surface area (TPSA) is 78.5 Å². The van der Waals surface area contributed by atoms with Gasteiger partial charge in [-0.3, -0.25) is 0 Å². The molecule has 24 heavy (non-hydrogen) atoms. The van der Waals surface area contributed by atoms with Gasteiger partial charge in [0.15, 0.2) is 0 Å². The molecule has 8 heteroatoms. The summed E-state index contributed by atoms with van der Waals surface area (Å²) in [5, 5.41) is 14.8. The Labute approximate surface area is 143 Å². The first kappa shape index (κ1) is 16.4. The molecule has 0 aliphatic carbocycles. The van der Waals surface area contributed by atoms with Gasteiger partial charge < -0.3 is 19.1 Å². The number of nitrogens with zero attached hydrogens (tertiary/aromatic N) is 3. The van der Waals surface area contributed by atoms with Crippen molar-refractivity contribution in [2.45, 2.75) is 13.7 Å². The lowest BCUT2D eigenvalue weighted by atomic mass is 10.1. The van der Waals surface area contributed by atoms with Crippen LogP contribution in [0.15, 0.2) is 24.5 Å². The molecule has 0 bridgehead atoms. The highest BCUT2D eigenvalue weighted by molar-refractivity contribution is 6.33. The first-order valence-electron chi connectivity index (χ1n) is 7.11. The minimum atomic E-state index is -1.01. The fourth-order valence-corrected chi connectivity index (χ4v) is 3.08. The quantitative estimate of drug-likeness (QED) is 0.765. The Balaban J connectivity index is 2.32. The van der Waals surface area contributed by atoms with Crippen molar-refractivity contribution in [3.63, 3.8) is 0 Å². The van der Waals surface area contributed by atoms with Crippen LogP contribution in [-0.4, -0.2) is 39.6 Å². The molecule has 7 nitrogen and oxygen atoms in total. The van der Waals surface area contributed by atoms with E-state index in [4.69, 9.17) is 21.1 Å². The number of carboxylic acids is 1. The first-order valence-corrected chi connectivity index (χ1v) is 7.49. The number of rotatable bonds is 5. The summed E-state index contributed by atoms with van der Waals surface area (Å²) in [6.45, 7) is 2.05. The maximum Gasteiger partial charge on any atom is 0.338 e. The van der Waals surface area contributed by atoms with Crippen LogP contribution in [0.25, 0.3) is 16.6 Å². The summed E-state index contributed by atoms with van der Waals surface area (Å²) < 4.78 is 13.7. The van der Waals surface area contributed by atoms with Crippen molar-refractivity contribution in [1.29, 1.82) is 0 Å². The van der Waals surface area contributed by atoms with Crippen LogP contribution in [0.3, 0.4) is 0 Å². The van der Waals surface area contributed by atoms with Crippen molar-refractivity contribution in [3.05, 3.63) is 40.8 Å². The minimum absolute atomic E-state index is 0.208. The number of fused-ring (bicyclic) bond motifs is 1. The number of carboxylic acid groups (broad SMARTS) is 1. The maximum atomic E-state index is 11.7. The Morgan fingerprint density at radius 3 is 2.75 bits per heavy atom. The van der Waals surface area contributed by atoms with Crippen LogP contribution < -0.4 is 4.74 Å². The summed E-state index contributed by atoms with van der Waals surface area (Å²) in [6, 6.07) is 3.34. The van der Waals surface area contributed by atoms with Crippen LogP contribution in [-0.2, 0) is 11.5 Å². The number of carbonyl (C=O) groups is 1. The third kappa shape index (κ3) is 2.51. The predicted molar refractivity (Wildman–Crippen MR) is 89.3 cm³/mol. The highest BCUT2D eigenvalue weighted by Gasteiger charge is 2.22. The highest BCUT2D eigenvalue weighted by Crippen LogP contribution is 2.36. The summed E-state index contributed by atoms with van der Waals surface area (Å²) in [4.78, 5) is 11.7. The fraction of sp³-hybridized carbons (Fsp3) is 0.250. The van der Waals surface area contributed by atoms with E-state index in [9.17, 15) is 9.90 Å². The lowest BCUT2D eigenvalue weighted by molar-refractivity contribution is 0.0698. The second kappa shape index (κ2) is 6.18. The van der Waals surface area contributed by atoms with Crippen molar-refractivity contribution < 1.29 is 19.4 Å². The highest BCUT2D eigenvalue weighted by atomic mass is 35.5. The molecule has 0 spiro atoms. The van der Waals surface area contributed by atoms with Crippen molar-refractivity contribution in [2.75, 3.05) is 14.2 Å². The summed E-state index contributed by atoms with van der Waals surface area (Å²) >= 11 is 6.23. The molecule has 1 N–H and O–H groups in total.